The van der Waals surface area contributed by atoms with Crippen molar-refractivity contribution in [3.8, 4) is 6.07 Å². The second-order valence-corrected chi connectivity index (χ2v) is 3.43. The third-order valence-electron chi connectivity index (χ3n) is 2.18. The van der Waals surface area contributed by atoms with E-state index in [0.717, 1.165) is 37.0 Å². The number of carbonyl (C=O) groups excluding carboxylic acids is 1. The van der Waals surface area contributed by atoms with Crippen molar-refractivity contribution in [2.45, 2.75) is 39.0 Å². The second-order valence-electron chi connectivity index (χ2n) is 3.43. The topological polar surface area (TPSA) is 102 Å². The number of hydrogen-bond acceptors (Lipinski definition) is 4. The summed E-state index contributed by atoms with van der Waals surface area (Å²) in [7, 11) is 0. The van der Waals surface area contributed by atoms with Crippen molar-refractivity contribution in [3.05, 3.63) is 11.3 Å². The first-order valence-corrected chi connectivity index (χ1v) is 5.41. The molecule has 0 spiro atoms. The molecule has 90 valence electrons. The Morgan fingerprint density at radius 1 is 1.44 bits per heavy atom. The fourth-order valence-electron chi connectivity index (χ4n) is 1.38. The molecule has 5 heteroatoms. The smallest absolute Gasteiger partial charge is 0.404 e. The van der Waals surface area contributed by atoms with Crippen LogP contribution in [0.15, 0.2) is 11.3 Å². The maximum absolute atomic E-state index is 9.60. The number of rotatable bonds is 1. The monoisotopic (exact) mass is 225 g/mol. The second kappa shape index (κ2) is 8.60. The van der Waals surface area contributed by atoms with Crippen LogP contribution in [0.4, 0.5) is 4.79 Å². The molecule has 0 heterocycles. The van der Waals surface area contributed by atoms with Gasteiger partial charge >= 0.3 is 6.09 Å². The summed E-state index contributed by atoms with van der Waals surface area (Å²) in [6, 6.07) is 2.15. The molecule has 0 aromatic carbocycles. The van der Waals surface area contributed by atoms with E-state index in [-0.39, 0.29) is 0 Å². The summed E-state index contributed by atoms with van der Waals surface area (Å²) in [5, 5.41) is 8.60. The van der Waals surface area contributed by atoms with Crippen molar-refractivity contribution >= 4 is 6.09 Å². The summed E-state index contributed by atoms with van der Waals surface area (Å²) in [6.45, 7) is 2.06. The van der Waals surface area contributed by atoms with Crippen LogP contribution in [-0.4, -0.2) is 12.7 Å². The van der Waals surface area contributed by atoms with Crippen LogP contribution in [0.1, 0.15) is 39.0 Å². The highest BCUT2D eigenvalue weighted by Gasteiger charge is 2.06. The number of amides is 1. The minimum absolute atomic E-state index is 0.356. The molecule has 0 aliphatic heterocycles. The number of hydrogen-bond donors (Lipinski definition) is 2. The average molecular weight is 225 g/mol. The van der Waals surface area contributed by atoms with Gasteiger partial charge in [-0.25, -0.2) is 4.79 Å². The zero-order chi connectivity index (χ0) is 12.4. The van der Waals surface area contributed by atoms with Crippen molar-refractivity contribution in [1.82, 2.24) is 0 Å². The van der Waals surface area contributed by atoms with E-state index in [4.69, 9.17) is 11.0 Å². The average Bonchev–Trinajstić information content (AvgIpc) is 2.43. The Balaban J connectivity index is 0.000000325. The van der Waals surface area contributed by atoms with Gasteiger partial charge < -0.3 is 16.2 Å². The molecule has 1 rings (SSSR count). The molecular formula is C11H19N3O2. The summed E-state index contributed by atoms with van der Waals surface area (Å²) in [6.07, 6.45) is 4.59. The summed E-state index contributed by atoms with van der Waals surface area (Å²) in [5.74, 6) is 0. The van der Waals surface area contributed by atoms with E-state index in [1.54, 1.807) is 6.92 Å². The molecule has 0 aromatic heterocycles. The highest BCUT2D eigenvalue weighted by molar-refractivity contribution is 5.64. The van der Waals surface area contributed by atoms with Gasteiger partial charge in [-0.05, 0) is 32.6 Å². The number of carbonyl (C=O) groups is 1. The molecule has 4 N–H and O–H groups in total. The predicted octanol–water partition coefficient (Wildman–Crippen LogP) is 1.79. The molecule has 0 atom stereocenters. The molecule has 1 aliphatic rings. The van der Waals surface area contributed by atoms with Crippen molar-refractivity contribution in [2.24, 2.45) is 11.5 Å². The molecule has 0 saturated carbocycles. The number of nitrogens with two attached hydrogens (primary N) is 2. The lowest BCUT2D eigenvalue weighted by atomic mass is 10.1. The summed E-state index contributed by atoms with van der Waals surface area (Å²) in [5.41, 5.74) is 11.8. The Bertz CT molecular complexity index is 292. The first-order valence-electron chi connectivity index (χ1n) is 5.41. The van der Waals surface area contributed by atoms with Gasteiger partial charge in [-0.1, -0.05) is 6.42 Å². The van der Waals surface area contributed by atoms with Crippen LogP contribution in [0, 0.1) is 11.3 Å². The van der Waals surface area contributed by atoms with E-state index in [1.165, 1.54) is 6.42 Å². The minimum atomic E-state index is -0.711. The standard InChI is InChI=1S/C8H12N2.C3H7NO2/c9-6-7-4-2-1-3-5-8(7)10;1-2-6-3(4)5/h1-5,10H2;2H2,1H3,(H2,4,5). The van der Waals surface area contributed by atoms with Crippen LogP contribution in [-0.2, 0) is 4.74 Å². The van der Waals surface area contributed by atoms with Crippen LogP contribution >= 0.6 is 0 Å². The molecule has 0 bridgehead atoms. The van der Waals surface area contributed by atoms with E-state index >= 15 is 0 Å². The molecule has 0 radical (unpaired) electrons. The van der Waals surface area contributed by atoms with Gasteiger partial charge in [0.15, 0.2) is 0 Å². The lowest BCUT2D eigenvalue weighted by molar-refractivity contribution is 0.163. The van der Waals surface area contributed by atoms with Crippen LogP contribution in [0.2, 0.25) is 0 Å². The predicted molar refractivity (Wildman–Crippen MR) is 61.1 cm³/mol. The third-order valence-corrected chi connectivity index (χ3v) is 2.18. The minimum Gasteiger partial charge on any atom is -0.450 e. The van der Waals surface area contributed by atoms with Gasteiger partial charge in [0, 0.05) is 11.3 Å². The lowest BCUT2D eigenvalue weighted by Gasteiger charge is -1.96. The maximum atomic E-state index is 9.60. The summed E-state index contributed by atoms with van der Waals surface area (Å²) < 4.78 is 4.18. The molecule has 5 nitrogen and oxygen atoms in total. The van der Waals surface area contributed by atoms with E-state index in [1.807, 2.05) is 0 Å². The zero-order valence-corrected chi connectivity index (χ0v) is 9.66. The first kappa shape index (κ1) is 14.3. The van der Waals surface area contributed by atoms with E-state index in [2.05, 4.69) is 16.5 Å². The number of ether oxygens (including phenoxy) is 1. The van der Waals surface area contributed by atoms with Crippen LogP contribution in [0.25, 0.3) is 0 Å². The zero-order valence-electron chi connectivity index (χ0n) is 9.66. The molecule has 1 amide bonds. The highest BCUT2D eigenvalue weighted by Crippen LogP contribution is 2.19. The first-order chi connectivity index (χ1) is 7.61. The van der Waals surface area contributed by atoms with Gasteiger partial charge in [0.05, 0.1) is 12.7 Å². The molecule has 16 heavy (non-hydrogen) atoms. The molecule has 0 fully saturated rings. The molecular weight excluding hydrogens is 206 g/mol. The van der Waals surface area contributed by atoms with Crippen LogP contribution in [0.3, 0.4) is 0 Å². The highest BCUT2D eigenvalue weighted by atomic mass is 16.5. The Hall–Kier alpha value is -1.70. The molecule has 0 unspecified atom stereocenters. The molecule has 0 aromatic rings. The van der Waals surface area contributed by atoms with Gasteiger partial charge in [0.25, 0.3) is 0 Å². The van der Waals surface area contributed by atoms with Gasteiger partial charge in [0.1, 0.15) is 0 Å². The Morgan fingerprint density at radius 2 is 2.06 bits per heavy atom. The van der Waals surface area contributed by atoms with Crippen LogP contribution < -0.4 is 11.5 Å². The maximum Gasteiger partial charge on any atom is 0.404 e. The number of nitrogens with zero attached hydrogens (tertiary/aromatic N) is 1. The Morgan fingerprint density at radius 3 is 2.50 bits per heavy atom. The molecule has 1 aliphatic carbocycles. The van der Waals surface area contributed by atoms with Gasteiger partial charge in [-0.3, -0.25) is 0 Å². The number of primary amides is 1. The van der Waals surface area contributed by atoms with Crippen LogP contribution in [0.5, 0.6) is 0 Å². The Kier molecular flexibility index (Phi) is 7.68. The quantitative estimate of drug-likeness (QED) is 0.710. The fraction of sp³-hybridized carbons (Fsp3) is 0.636. The number of allylic oxidation sites excluding steroid dienone is 2. The van der Waals surface area contributed by atoms with Gasteiger partial charge in [0.2, 0.25) is 0 Å². The summed E-state index contributed by atoms with van der Waals surface area (Å²) in [4.78, 5) is 9.60. The van der Waals surface area contributed by atoms with Crippen molar-refractivity contribution in [1.29, 1.82) is 5.26 Å². The lowest BCUT2D eigenvalue weighted by Crippen LogP contribution is -2.11. The van der Waals surface area contributed by atoms with Gasteiger partial charge in [-0.15, -0.1) is 0 Å². The fourth-order valence-corrected chi connectivity index (χ4v) is 1.38. The van der Waals surface area contributed by atoms with E-state index in [9.17, 15) is 4.79 Å². The van der Waals surface area contributed by atoms with E-state index < -0.39 is 6.09 Å². The van der Waals surface area contributed by atoms with Crippen molar-refractivity contribution in [3.63, 3.8) is 0 Å². The SMILES string of the molecule is CCOC(N)=O.N#CC1=C(N)CCCCC1. The molecule has 0 saturated heterocycles. The summed E-state index contributed by atoms with van der Waals surface area (Å²) >= 11 is 0. The third kappa shape index (κ3) is 6.71. The largest absolute Gasteiger partial charge is 0.450 e. The normalized spacial score (nSPS) is 15.2. The number of nitriles is 1. The Labute approximate surface area is 96.0 Å². The van der Waals surface area contributed by atoms with Gasteiger partial charge in [-0.2, -0.15) is 5.26 Å². The van der Waals surface area contributed by atoms with E-state index in [0.29, 0.717) is 6.61 Å². The van der Waals surface area contributed by atoms with Crippen molar-refractivity contribution in [2.75, 3.05) is 6.61 Å². The van der Waals surface area contributed by atoms with Crippen molar-refractivity contribution < 1.29 is 9.53 Å².